The van der Waals surface area contributed by atoms with Crippen molar-refractivity contribution < 1.29 is 23.5 Å². The van der Waals surface area contributed by atoms with Gasteiger partial charge in [-0.25, -0.2) is 0 Å². The normalized spacial score (nSPS) is 11.4. The molecule has 1 heterocycles. The second-order valence-corrected chi connectivity index (χ2v) is 7.29. The van der Waals surface area contributed by atoms with Gasteiger partial charge in [0.15, 0.2) is 0 Å². The van der Waals surface area contributed by atoms with Crippen LogP contribution in [-0.2, 0) is 4.79 Å². The first kappa shape index (κ1) is 22.4. The van der Waals surface area contributed by atoms with Crippen molar-refractivity contribution in [3.63, 3.8) is 0 Å². The maximum absolute atomic E-state index is 12.5. The second kappa shape index (κ2) is 10.6. The van der Waals surface area contributed by atoms with Crippen LogP contribution in [0.1, 0.15) is 38.7 Å². The van der Waals surface area contributed by atoms with Crippen molar-refractivity contribution >= 4 is 29.5 Å². The molecule has 0 unspecified atom stereocenters. The molecule has 2 rings (SSSR count). The molecule has 0 aliphatic heterocycles. The maximum Gasteiger partial charge on any atom is 0.273 e. The number of thioether (sulfide) groups is 1. The summed E-state index contributed by atoms with van der Waals surface area (Å²) in [6.07, 6.45) is 2.32. The van der Waals surface area contributed by atoms with E-state index in [-0.39, 0.29) is 5.91 Å². The number of hydrogen-bond donors (Lipinski definition) is 3. The minimum Gasteiger partial charge on any atom is -0.497 e. The number of benzene rings is 1. The number of carbonyl (C=O) groups is 3. The van der Waals surface area contributed by atoms with Gasteiger partial charge in [0, 0.05) is 5.56 Å². The van der Waals surface area contributed by atoms with Crippen molar-refractivity contribution in [3.05, 3.63) is 53.0 Å². The molecular weight excluding hydrogens is 394 g/mol. The van der Waals surface area contributed by atoms with Crippen LogP contribution < -0.4 is 20.9 Å². The molecule has 29 heavy (non-hydrogen) atoms. The molecule has 2 aromatic rings. The van der Waals surface area contributed by atoms with E-state index in [0.717, 1.165) is 0 Å². The van der Waals surface area contributed by atoms with Crippen LogP contribution in [0.5, 0.6) is 5.75 Å². The molecule has 0 fully saturated rings. The number of furan rings is 1. The zero-order valence-electron chi connectivity index (χ0n) is 16.8. The molecule has 0 bridgehead atoms. The van der Waals surface area contributed by atoms with E-state index in [1.54, 1.807) is 63.1 Å². The van der Waals surface area contributed by atoms with Crippen molar-refractivity contribution in [2.75, 3.05) is 19.1 Å². The highest BCUT2D eigenvalue weighted by atomic mass is 32.2. The van der Waals surface area contributed by atoms with Crippen molar-refractivity contribution in [2.45, 2.75) is 26.3 Å². The van der Waals surface area contributed by atoms with Gasteiger partial charge in [-0.2, -0.15) is 11.8 Å². The first-order valence-corrected chi connectivity index (χ1v) is 10.4. The van der Waals surface area contributed by atoms with Crippen LogP contribution in [0.25, 0.3) is 0 Å². The number of ether oxygens (including phenoxy) is 1. The lowest BCUT2D eigenvalue weighted by Gasteiger charge is -2.18. The highest BCUT2D eigenvalue weighted by Crippen LogP contribution is 2.13. The Hall–Kier alpha value is -2.94. The molecule has 0 aliphatic carbocycles. The van der Waals surface area contributed by atoms with E-state index in [1.807, 2.05) is 6.26 Å². The number of carbonyl (C=O) groups excluding carboxylic acids is 3. The molecule has 0 aliphatic rings. The quantitative estimate of drug-likeness (QED) is 0.566. The van der Waals surface area contributed by atoms with E-state index in [0.29, 0.717) is 40.6 Å². The Morgan fingerprint density at radius 3 is 2.34 bits per heavy atom. The van der Waals surface area contributed by atoms with Crippen molar-refractivity contribution in [3.8, 4) is 5.75 Å². The average molecular weight is 420 g/mol. The number of aryl methyl sites for hydroxylation is 2. The van der Waals surface area contributed by atoms with Crippen LogP contribution in [0.4, 0.5) is 0 Å². The average Bonchev–Trinajstić information content (AvgIpc) is 3.06. The fraction of sp³-hybridized carbons (Fsp3) is 0.350. The smallest absolute Gasteiger partial charge is 0.273 e. The molecule has 0 radical (unpaired) electrons. The van der Waals surface area contributed by atoms with E-state index in [1.165, 1.54) is 0 Å². The molecule has 0 spiro atoms. The standard InChI is InChI=1S/C20H25N3O5S/c1-12-11-16(13(2)28-12)19(25)22-23-20(26)17(9-10-29-4)21-18(24)14-5-7-15(27-3)8-6-14/h5-8,11,17H,9-10H2,1-4H3,(H,21,24)(H,22,25)(H,23,26)/t17-/m1/s1. The zero-order valence-corrected chi connectivity index (χ0v) is 17.6. The molecule has 156 valence electrons. The van der Waals surface area contributed by atoms with E-state index in [2.05, 4.69) is 16.2 Å². The summed E-state index contributed by atoms with van der Waals surface area (Å²) in [5.74, 6) is 0.969. The van der Waals surface area contributed by atoms with Gasteiger partial charge in [0.25, 0.3) is 17.7 Å². The van der Waals surface area contributed by atoms with Crippen LogP contribution in [0, 0.1) is 13.8 Å². The van der Waals surface area contributed by atoms with Crippen LogP contribution in [0.2, 0.25) is 0 Å². The van der Waals surface area contributed by atoms with E-state index in [9.17, 15) is 14.4 Å². The number of nitrogens with one attached hydrogen (secondary N) is 3. The van der Waals surface area contributed by atoms with Gasteiger partial charge in [-0.1, -0.05) is 0 Å². The summed E-state index contributed by atoms with van der Waals surface area (Å²) >= 11 is 1.55. The summed E-state index contributed by atoms with van der Waals surface area (Å²) in [7, 11) is 1.54. The second-order valence-electron chi connectivity index (χ2n) is 6.31. The molecule has 0 saturated heterocycles. The topological polar surface area (TPSA) is 110 Å². The molecule has 8 nitrogen and oxygen atoms in total. The monoisotopic (exact) mass is 419 g/mol. The summed E-state index contributed by atoms with van der Waals surface area (Å²) in [5, 5.41) is 2.71. The van der Waals surface area contributed by atoms with Crippen LogP contribution in [0.3, 0.4) is 0 Å². The number of methoxy groups -OCH3 is 1. The number of hydrazine groups is 1. The molecule has 3 amide bonds. The molecule has 0 saturated carbocycles. The number of rotatable bonds is 8. The number of hydrogen-bond acceptors (Lipinski definition) is 6. The third-order valence-electron chi connectivity index (χ3n) is 4.17. The fourth-order valence-electron chi connectivity index (χ4n) is 2.62. The molecule has 9 heteroatoms. The molecule has 1 aromatic carbocycles. The van der Waals surface area contributed by atoms with Gasteiger partial charge in [0.05, 0.1) is 12.7 Å². The van der Waals surface area contributed by atoms with E-state index >= 15 is 0 Å². The molecule has 3 N–H and O–H groups in total. The molecule has 1 aromatic heterocycles. The fourth-order valence-corrected chi connectivity index (χ4v) is 3.09. The Kier molecular flexibility index (Phi) is 8.14. The lowest BCUT2D eigenvalue weighted by molar-refractivity contribution is -0.123. The highest BCUT2D eigenvalue weighted by molar-refractivity contribution is 7.98. The molecular formula is C20H25N3O5S. The van der Waals surface area contributed by atoms with Gasteiger partial charge in [0.1, 0.15) is 23.3 Å². The van der Waals surface area contributed by atoms with E-state index in [4.69, 9.17) is 9.15 Å². The maximum atomic E-state index is 12.5. The summed E-state index contributed by atoms with van der Waals surface area (Å²) in [5.41, 5.74) is 5.48. The predicted octanol–water partition coefficient (Wildman–Crippen LogP) is 2.22. The van der Waals surface area contributed by atoms with Crippen LogP contribution >= 0.6 is 11.8 Å². The largest absolute Gasteiger partial charge is 0.497 e. The minimum atomic E-state index is -0.801. The van der Waals surface area contributed by atoms with Gasteiger partial charge < -0.3 is 14.5 Å². The van der Waals surface area contributed by atoms with Gasteiger partial charge in [-0.05, 0) is 62.6 Å². The Morgan fingerprint density at radius 1 is 1.10 bits per heavy atom. The summed E-state index contributed by atoms with van der Waals surface area (Å²) < 4.78 is 10.4. The Labute approximate surface area is 173 Å². The zero-order chi connectivity index (χ0) is 21.4. The van der Waals surface area contributed by atoms with Crippen molar-refractivity contribution in [2.24, 2.45) is 0 Å². The molecule has 1 atom stereocenters. The van der Waals surface area contributed by atoms with Gasteiger partial charge in [-0.3, -0.25) is 25.2 Å². The van der Waals surface area contributed by atoms with E-state index < -0.39 is 17.9 Å². The summed E-state index contributed by atoms with van der Waals surface area (Å²) in [4.78, 5) is 37.3. The van der Waals surface area contributed by atoms with Gasteiger partial charge in [-0.15, -0.1) is 0 Å². The van der Waals surface area contributed by atoms with Crippen LogP contribution in [0.15, 0.2) is 34.7 Å². The third-order valence-corrected chi connectivity index (χ3v) is 4.81. The van der Waals surface area contributed by atoms with Gasteiger partial charge >= 0.3 is 0 Å². The summed E-state index contributed by atoms with van der Waals surface area (Å²) in [6.45, 7) is 3.40. The van der Waals surface area contributed by atoms with Crippen LogP contribution in [-0.4, -0.2) is 42.9 Å². The first-order chi connectivity index (χ1) is 13.8. The lowest BCUT2D eigenvalue weighted by Crippen LogP contribution is -2.52. The minimum absolute atomic E-state index is 0.339. The Bertz CT molecular complexity index is 864. The van der Waals surface area contributed by atoms with Gasteiger partial charge in [0.2, 0.25) is 0 Å². The SMILES string of the molecule is COc1ccc(C(=O)N[C@H](CCSC)C(=O)NNC(=O)c2cc(C)oc2C)cc1. The first-order valence-electron chi connectivity index (χ1n) is 8.96. The highest BCUT2D eigenvalue weighted by Gasteiger charge is 2.22. The predicted molar refractivity (Wildman–Crippen MR) is 111 cm³/mol. The Morgan fingerprint density at radius 2 is 1.79 bits per heavy atom. The summed E-state index contributed by atoms with van der Waals surface area (Å²) in [6, 6.07) is 7.35. The van der Waals surface area contributed by atoms with Crippen molar-refractivity contribution in [1.29, 1.82) is 0 Å². The van der Waals surface area contributed by atoms with Crippen molar-refractivity contribution in [1.82, 2.24) is 16.2 Å². The third kappa shape index (κ3) is 6.28. The lowest BCUT2D eigenvalue weighted by atomic mass is 10.1. The Balaban J connectivity index is 1.99. The number of amides is 3.